The molecule has 0 aliphatic carbocycles. The summed E-state index contributed by atoms with van der Waals surface area (Å²) in [5, 5.41) is 16.3. The van der Waals surface area contributed by atoms with Gasteiger partial charge in [-0.2, -0.15) is 0 Å². The predicted molar refractivity (Wildman–Crippen MR) is 45.4 cm³/mol. The van der Waals surface area contributed by atoms with E-state index in [4.69, 9.17) is 15.9 Å². The molecule has 0 fully saturated rings. The van der Waals surface area contributed by atoms with Crippen molar-refractivity contribution in [2.75, 3.05) is 14.2 Å². The average Bonchev–Trinajstić information content (AvgIpc) is 2.01. The monoisotopic (exact) mass is 193 g/mol. The molecule has 0 bridgehead atoms. The largest absolute Gasteiger partial charge is 0.481 e. The van der Waals surface area contributed by atoms with Crippen LogP contribution < -0.4 is 5.73 Å². The standard InChI is InChI=1S/C5H9NO4.C2H6O/c6-3(5(9)10)1-2-4(7)8;1-3-2/h3H,1-2,6H2,(H,7,8)(H,9,10);1-2H3. The van der Waals surface area contributed by atoms with E-state index in [-0.39, 0.29) is 12.8 Å². The van der Waals surface area contributed by atoms with Crippen molar-refractivity contribution in [1.29, 1.82) is 0 Å². The number of hydrogen-bond acceptors (Lipinski definition) is 4. The van der Waals surface area contributed by atoms with Crippen molar-refractivity contribution in [2.45, 2.75) is 18.9 Å². The van der Waals surface area contributed by atoms with E-state index in [1.807, 2.05) is 0 Å². The van der Waals surface area contributed by atoms with E-state index in [1.165, 1.54) is 0 Å². The Morgan fingerprint density at radius 3 is 2.00 bits per heavy atom. The van der Waals surface area contributed by atoms with Crippen LogP contribution in [-0.2, 0) is 14.3 Å². The van der Waals surface area contributed by atoms with Crippen molar-refractivity contribution in [3.8, 4) is 0 Å². The van der Waals surface area contributed by atoms with Crippen LogP contribution in [0.25, 0.3) is 0 Å². The van der Waals surface area contributed by atoms with E-state index >= 15 is 0 Å². The SMILES string of the molecule is COC.NC(CCC(=O)O)C(=O)O. The van der Waals surface area contributed by atoms with Gasteiger partial charge in [0.25, 0.3) is 0 Å². The number of nitrogens with two attached hydrogens (primary N) is 1. The molecule has 0 aromatic heterocycles. The number of carbonyl (C=O) groups is 2. The van der Waals surface area contributed by atoms with E-state index in [2.05, 4.69) is 4.74 Å². The summed E-state index contributed by atoms with van der Waals surface area (Å²) in [6.45, 7) is 0. The first-order chi connectivity index (χ1) is 5.95. The van der Waals surface area contributed by atoms with E-state index in [9.17, 15) is 9.59 Å². The first-order valence-corrected chi connectivity index (χ1v) is 3.56. The summed E-state index contributed by atoms with van der Waals surface area (Å²) in [5.74, 6) is -2.20. The molecule has 0 heterocycles. The summed E-state index contributed by atoms with van der Waals surface area (Å²) < 4.78 is 4.25. The second-order valence-electron chi connectivity index (χ2n) is 2.29. The first kappa shape index (κ1) is 14.4. The molecule has 78 valence electrons. The number of aliphatic carboxylic acids is 2. The van der Waals surface area contributed by atoms with E-state index in [1.54, 1.807) is 14.2 Å². The Labute approximate surface area is 76.3 Å². The zero-order valence-corrected chi connectivity index (χ0v) is 7.69. The molecular formula is C7H15NO5. The Morgan fingerprint density at radius 2 is 1.77 bits per heavy atom. The Hall–Kier alpha value is -1.14. The Kier molecular flexibility index (Phi) is 9.91. The van der Waals surface area contributed by atoms with Gasteiger partial charge in [-0.05, 0) is 6.42 Å². The molecule has 0 rings (SSSR count). The zero-order valence-electron chi connectivity index (χ0n) is 7.69. The lowest BCUT2D eigenvalue weighted by atomic mass is 10.2. The second-order valence-corrected chi connectivity index (χ2v) is 2.29. The maximum Gasteiger partial charge on any atom is 0.320 e. The van der Waals surface area contributed by atoms with Gasteiger partial charge in [0, 0.05) is 20.6 Å². The van der Waals surface area contributed by atoms with Gasteiger partial charge in [0.2, 0.25) is 0 Å². The van der Waals surface area contributed by atoms with Crippen LogP contribution in [-0.4, -0.2) is 42.4 Å². The van der Waals surface area contributed by atoms with Crippen LogP contribution in [0.3, 0.4) is 0 Å². The molecule has 13 heavy (non-hydrogen) atoms. The summed E-state index contributed by atoms with van der Waals surface area (Å²) >= 11 is 0. The zero-order chi connectivity index (χ0) is 10.9. The number of carboxylic acid groups (broad SMARTS) is 2. The molecule has 0 saturated carbocycles. The summed E-state index contributed by atoms with van der Waals surface area (Å²) in [6.07, 6.45) is -0.224. The minimum absolute atomic E-state index is 0.0231. The number of rotatable bonds is 4. The van der Waals surface area contributed by atoms with Crippen LogP contribution in [0.5, 0.6) is 0 Å². The molecular weight excluding hydrogens is 178 g/mol. The Morgan fingerprint density at radius 1 is 1.38 bits per heavy atom. The lowest BCUT2D eigenvalue weighted by Gasteiger charge is -2.01. The molecule has 0 aromatic carbocycles. The fourth-order valence-electron chi connectivity index (χ4n) is 0.402. The fraction of sp³-hybridized carbons (Fsp3) is 0.714. The van der Waals surface area contributed by atoms with Gasteiger partial charge in [-0.1, -0.05) is 0 Å². The maximum atomic E-state index is 9.99. The molecule has 0 saturated heterocycles. The van der Waals surface area contributed by atoms with Crippen molar-refractivity contribution < 1.29 is 24.5 Å². The summed E-state index contributed by atoms with van der Waals surface area (Å²) in [6, 6.07) is -1.06. The van der Waals surface area contributed by atoms with Crippen LogP contribution >= 0.6 is 0 Å². The topological polar surface area (TPSA) is 110 Å². The van der Waals surface area contributed by atoms with Crippen molar-refractivity contribution in [1.82, 2.24) is 0 Å². The van der Waals surface area contributed by atoms with Gasteiger partial charge in [0.05, 0.1) is 0 Å². The molecule has 4 N–H and O–H groups in total. The van der Waals surface area contributed by atoms with Gasteiger partial charge < -0.3 is 20.7 Å². The van der Waals surface area contributed by atoms with Gasteiger partial charge in [0.15, 0.2) is 0 Å². The highest BCUT2D eigenvalue weighted by Crippen LogP contribution is 1.93. The number of methoxy groups -OCH3 is 1. The molecule has 1 atom stereocenters. The average molecular weight is 193 g/mol. The molecule has 0 aliphatic heterocycles. The quantitative estimate of drug-likeness (QED) is 0.556. The second kappa shape index (κ2) is 8.95. The van der Waals surface area contributed by atoms with Crippen LogP contribution in [0.4, 0.5) is 0 Å². The van der Waals surface area contributed by atoms with Crippen LogP contribution in [0, 0.1) is 0 Å². The van der Waals surface area contributed by atoms with Crippen molar-refractivity contribution in [2.24, 2.45) is 5.73 Å². The molecule has 0 amide bonds. The highest BCUT2D eigenvalue weighted by Gasteiger charge is 2.12. The lowest BCUT2D eigenvalue weighted by Crippen LogP contribution is -2.30. The Bertz CT molecular complexity index is 159. The third-order valence-corrected chi connectivity index (χ3v) is 0.986. The molecule has 0 radical (unpaired) electrons. The van der Waals surface area contributed by atoms with E-state index < -0.39 is 18.0 Å². The molecule has 0 aromatic rings. The van der Waals surface area contributed by atoms with Crippen LogP contribution in [0.2, 0.25) is 0 Å². The summed E-state index contributed by atoms with van der Waals surface area (Å²) in [4.78, 5) is 19.9. The van der Waals surface area contributed by atoms with E-state index in [0.717, 1.165) is 0 Å². The molecule has 1 unspecified atom stereocenters. The fourth-order valence-corrected chi connectivity index (χ4v) is 0.402. The third-order valence-electron chi connectivity index (χ3n) is 0.986. The van der Waals surface area contributed by atoms with Gasteiger partial charge >= 0.3 is 11.9 Å². The summed E-state index contributed by atoms with van der Waals surface area (Å²) in [5.41, 5.74) is 5.00. The number of carboxylic acids is 2. The van der Waals surface area contributed by atoms with Gasteiger partial charge in [-0.25, -0.2) is 0 Å². The van der Waals surface area contributed by atoms with Crippen LogP contribution in [0.1, 0.15) is 12.8 Å². The molecule has 6 heteroatoms. The van der Waals surface area contributed by atoms with Crippen molar-refractivity contribution in [3.63, 3.8) is 0 Å². The number of hydrogen-bond donors (Lipinski definition) is 3. The molecule has 0 spiro atoms. The molecule has 0 aliphatic rings. The highest BCUT2D eigenvalue weighted by atomic mass is 16.4. The summed E-state index contributed by atoms with van der Waals surface area (Å²) in [7, 11) is 3.25. The van der Waals surface area contributed by atoms with Gasteiger partial charge in [-0.3, -0.25) is 9.59 Å². The smallest absolute Gasteiger partial charge is 0.320 e. The minimum Gasteiger partial charge on any atom is -0.481 e. The van der Waals surface area contributed by atoms with Crippen molar-refractivity contribution in [3.05, 3.63) is 0 Å². The van der Waals surface area contributed by atoms with E-state index in [0.29, 0.717) is 0 Å². The van der Waals surface area contributed by atoms with Crippen molar-refractivity contribution >= 4 is 11.9 Å². The maximum absolute atomic E-state index is 9.99. The normalized spacial score (nSPS) is 11.0. The van der Waals surface area contributed by atoms with Gasteiger partial charge in [0.1, 0.15) is 6.04 Å². The molecule has 6 nitrogen and oxygen atoms in total. The third kappa shape index (κ3) is 13.8. The van der Waals surface area contributed by atoms with Crippen LogP contribution in [0.15, 0.2) is 0 Å². The predicted octanol–water partition coefficient (Wildman–Crippen LogP) is -0.474. The highest BCUT2D eigenvalue weighted by molar-refractivity contribution is 5.74. The minimum atomic E-state index is -1.17. The number of ether oxygens (including phenoxy) is 1. The first-order valence-electron chi connectivity index (χ1n) is 3.56. The lowest BCUT2D eigenvalue weighted by molar-refractivity contribution is -0.139. The Balaban J connectivity index is 0. The van der Waals surface area contributed by atoms with Gasteiger partial charge in [-0.15, -0.1) is 0 Å².